The van der Waals surface area contributed by atoms with Crippen molar-refractivity contribution in [3.8, 4) is 0 Å². The largest absolute Gasteiger partial charge is 0.460 e. The van der Waals surface area contributed by atoms with Gasteiger partial charge in [-0.2, -0.15) is 0 Å². The summed E-state index contributed by atoms with van der Waals surface area (Å²) in [6.45, 7) is 0.685. The molecule has 5 heteroatoms. The fourth-order valence-corrected chi connectivity index (χ4v) is 2.00. The van der Waals surface area contributed by atoms with E-state index in [9.17, 15) is 4.79 Å². The SMILES string of the molecule is COCCOC(=O)c1ccc2ncsc2c1. The number of nitrogens with zero attached hydrogens (tertiary/aromatic N) is 1. The highest BCUT2D eigenvalue weighted by Crippen LogP contribution is 2.19. The summed E-state index contributed by atoms with van der Waals surface area (Å²) in [7, 11) is 1.57. The molecule has 0 saturated heterocycles. The Morgan fingerprint density at radius 2 is 2.31 bits per heavy atom. The molecule has 0 fully saturated rings. The normalized spacial score (nSPS) is 10.6. The number of thiazole rings is 1. The van der Waals surface area contributed by atoms with Crippen LogP contribution >= 0.6 is 11.3 Å². The monoisotopic (exact) mass is 237 g/mol. The molecule has 1 aromatic carbocycles. The van der Waals surface area contributed by atoms with Crippen LogP contribution in [-0.4, -0.2) is 31.3 Å². The quantitative estimate of drug-likeness (QED) is 0.603. The Morgan fingerprint density at radius 3 is 3.12 bits per heavy atom. The zero-order valence-electron chi connectivity index (χ0n) is 8.80. The number of methoxy groups -OCH3 is 1. The van der Waals surface area contributed by atoms with Crippen molar-refractivity contribution >= 4 is 27.5 Å². The van der Waals surface area contributed by atoms with E-state index in [0.29, 0.717) is 12.2 Å². The third-order valence-corrected chi connectivity index (χ3v) is 2.88. The van der Waals surface area contributed by atoms with Crippen molar-refractivity contribution in [3.05, 3.63) is 29.3 Å². The minimum absolute atomic E-state index is 0.274. The lowest BCUT2D eigenvalue weighted by Gasteiger charge is -2.03. The first-order chi connectivity index (χ1) is 7.81. The molecule has 0 N–H and O–H groups in total. The van der Waals surface area contributed by atoms with E-state index in [1.165, 1.54) is 11.3 Å². The molecular weight excluding hydrogens is 226 g/mol. The molecule has 0 unspecified atom stereocenters. The standard InChI is InChI=1S/C11H11NO3S/c1-14-4-5-15-11(13)8-2-3-9-10(6-8)16-7-12-9/h2-3,6-7H,4-5H2,1H3. The van der Waals surface area contributed by atoms with E-state index in [0.717, 1.165) is 10.2 Å². The van der Waals surface area contributed by atoms with Gasteiger partial charge in [0.05, 0.1) is 27.9 Å². The Morgan fingerprint density at radius 1 is 1.44 bits per heavy atom. The number of carbonyl (C=O) groups excluding carboxylic acids is 1. The second kappa shape index (κ2) is 5.05. The number of carbonyl (C=O) groups is 1. The lowest BCUT2D eigenvalue weighted by molar-refractivity contribution is 0.0388. The Labute approximate surface area is 96.8 Å². The van der Waals surface area contributed by atoms with Crippen molar-refractivity contribution in [2.45, 2.75) is 0 Å². The number of fused-ring (bicyclic) bond motifs is 1. The van der Waals surface area contributed by atoms with Gasteiger partial charge in [0.25, 0.3) is 0 Å². The maximum Gasteiger partial charge on any atom is 0.338 e. The minimum Gasteiger partial charge on any atom is -0.460 e. The summed E-state index contributed by atoms with van der Waals surface area (Å²) in [5.74, 6) is -0.327. The van der Waals surface area contributed by atoms with Crippen LogP contribution in [0, 0.1) is 0 Å². The van der Waals surface area contributed by atoms with Gasteiger partial charge < -0.3 is 9.47 Å². The summed E-state index contributed by atoms with van der Waals surface area (Å²) in [4.78, 5) is 15.7. The fourth-order valence-electron chi connectivity index (χ4n) is 1.28. The Balaban J connectivity index is 2.10. The molecule has 1 heterocycles. The molecule has 0 aliphatic rings. The van der Waals surface area contributed by atoms with Crippen LogP contribution in [0.4, 0.5) is 0 Å². The Kier molecular flexibility index (Phi) is 3.48. The van der Waals surface area contributed by atoms with Gasteiger partial charge in [-0.25, -0.2) is 9.78 Å². The van der Waals surface area contributed by atoms with Crippen LogP contribution in [0.1, 0.15) is 10.4 Å². The Hall–Kier alpha value is -1.46. The van der Waals surface area contributed by atoms with E-state index < -0.39 is 0 Å². The molecule has 0 spiro atoms. The summed E-state index contributed by atoms with van der Waals surface area (Å²) in [6.07, 6.45) is 0. The first-order valence-corrected chi connectivity index (χ1v) is 5.68. The molecule has 16 heavy (non-hydrogen) atoms. The fraction of sp³-hybridized carbons (Fsp3) is 0.273. The summed E-state index contributed by atoms with van der Waals surface area (Å²) >= 11 is 1.50. The van der Waals surface area contributed by atoms with E-state index >= 15 is 0 Å². The summed E-state index contributed by atoms with van der Waals surface area (Å²) in [6, 6.07) is 5.33. The number of ether oxygens (including phenoxy) is 2. The summed E-state index contributed by atoms with van der Waals surface area (Å²) in [5.41, 5.74) is 3.20. The lowest BCUT2D eigenvalue weighted by Crippen LogP contribution is -2.09. The van der Waals surface area contributed by atoms with Crippen LogP contribution in [0.5, 0.6) is 0 Å². The van der Waals surface area contributed by atoms with E-state index in [4.69, 9.17) is 9.47 Å². The number of aromatic nitrogens is 1. The van der Waals surface area contributed by atoms with Crippen LogP contribution in [0.15, 0.2) is 23.7 Å². The summed E-state index contributed by atoms with van der Waals surface area (Å²) in [5, 5.41) is 0. The van der Waals surface area contributed by atoms with Crippen molar-refractivity contribution in [1.82, 2.24) is 4.98 Å². The van der Waals surface area contributed by atoms with E-state index in [-0.39, 0.29) is 12.6 Å². The van der Waals surface area contributed by atoms with Gasteiger partial charge in [-0.1, -0.05) is 0 Å². The van der Waals surface area contributed by atoms with Gasteiger partial charge in [0.15, 0.2) is 0 Å². The van der Waals surface area contributed by atoms with Crippen molar-refractivity contribution in [3.63, 3.8) is 0 Å². The van der Waals surface area contributed by atoms with Crippen LogP contribution < -0.4 is 0 Å². The minimum atomic E-state index is -0.327. The van der Waals surface area contributed by atoms with Gasteiger partial charge in [0.2, 0.25) is 0 Å². The third kappa shape index (κ3) is 2.37. The molecule has 1 aromatic heterocycles. The molecular formula is C11H11NO3S. The molecule has 4 nitrogen and oxygen atoms in total. The zero-order chi connectivity index (χ0) is 11.4. The second-order valence-electron chi connectivity index (χ2n) is 3.16. The summed E-state index contributed by atoms with van der Waals surface area (Å²) < 4.78 is 10.8. The second-order valence-corrected chi connectivity index (χ2v) is 4.05. The predicted molar refractivity (Wildman–Crippen MR) is 61.8 cm³/mol. The molecule has 0 amide bonds. The number of esters is 1. The van der Waals surface area contributed by atoms with Gasteiger partial charge in [0.1, 0.15) is 6.61 Å². The van der Waals surface area contributed by atoms with Gasteiger partial charge >= 0.3 is 5.97 Å². The van der Waals surface area contributed by atoms with E-state index in [1.54, 1.807) is 24.8 Å². The topological polar surface area (TPSA) is 48.4 Å². The van der Waals surface area contributed by atoms with Crippen molar-refractivity contribution in [2.24, 2.45) is 0 Å². The maximum absolute atomic E-state index is 11.6. The first-order valence-electron chi connectivity index (χ1n) is 4.80. The van der Waals surface area contributed by atoms with Crippen LogP contribution in [-0.2, 0) is 9.47 Å². The van der Waals surface area contributed by atoms with E-state index in [1.807, 2.05) is 6.07 Å². The molecule has 0 saturated carbocycles. The Bertz CT molecular complexity index is 495. The van der Waals surface area contributed by atoms with Crippen molar-refractivity contribution < 1.29 is 14.3 Å². The third-order valence-electron chi connectivity index (χ3n) is 2.09. The highest BCUT2D eigenvalue weighted by molar-refractivity contribution is 7.16. The predicted octanol–water partition coefficient (Wildman–Crippen LogP) is 2.10. The number of benzene rings is 1. The van der Waals surface area contributed by atoms with Gasteiger partial charge in [-0.05, 0) is 18.2 Å². The number of hydrogen-bond acceptors (Lipinski definition) is 5. The van der Waals surface area contributed by atoms with Gasteiger partial charge in [0, 0.05) is 7.11 Å². The van der Waals surface area contributed by atoms with Gasteiger partial charge in [-0.3, -0.25) is 0 Å². The molecule has 0 aliphatic carbocycles. The van der Waals surface area contributed by atoms with Crippen molar-refractivity contribution in [2.75, 3.05) is 20.3 Å². The zero-order valence-corrected chi connectivity index (χ0v) is 9.62. The van der Waals surface area contributed by atoms with Gasteiger partial charge in [-0.15, -0.1) is 11.3 Å². The first kappa shape index (κ1) is 11.0. The molecule has 0 aliphatic heterocycles. The average molecular weight is 237 g/mol. The van der Waals surface area contributed by atoms with Crippen LogP contribution in [0.3, 0.4) is 0 Å². The smallest absolute Gasteiger partial charge is 0.338 e. The molecule has 84 valence electrons. The molecule has 0 bridgehead atoms. The maximum atomic E-state index is 11.6. The van der Waals surface area contributed by atoms with Crippen molar-refractivity contribution in [1.29, 1.82) is 0 Å². The lowest BCUT2D eigenvalue weighted by atomic mass is 10.2. The number of rotatable bonds is 4. The highest BCUT2D eigenvalue weighted by Gasteiger charge is 2.08. The van der Waals surface area contributed by atoms with Crippen LogP contribution in [0.25, 0.3) is 10.2 Å². The molecule has 0 atom stereocenters. The molecule has 2 rings (SSSR count). The molecule has 0 radical (unpaired) electrons. The van der Waals surface area contributed by atoms with E-state index in [2.05, 4.69) is 4.98 Å². The average Bonchev–Trinajstić information content (AvgIpc) is 2.76. The highest BCUT2D eigenvalue weighted by atomic mass is 32.1. The molecule has 2 aromatic rings. The van der Waals surface area contributed by atoms with Crippen LogP contribution in [0.2, 0.25) is 0 Å². The number of hydrogen-bond donors (Lipinski definition) is 0.